The number of aryl methyl sites for hydroxylation is 1. The van der Waals surface area contributed by atoms with Gasteiger partial charge in [0, 0.05) is 34.8 Å². The van der Waals surface area contributed by atoms with Crippen LogP contribution in [0.5, 0.6) is 0 Å². The molecule has 3 rings (SSSR count). The summed E-state index contributed by atoms with van der Waals surface area (Å²) in [6, 6.07) is 16.8. The first-order chi connectivity index (χ1) is 13.1. The van der Waals surface area contributed by atoms with Crippen molar-refractivity contribution in [2.24, 2.45) is 0 Å². The highest BCUT2D eigenvalue weighted by molar-refractivity contribution is 7.71. The number of aromatic nitrogens is 1. The summed E-state index contributed by atoms with van der Waals surface area (Å²) in [7, 11) is -2.34. The maximum atomic E-state index is 13.8. The zero-order valence-electron chi connectivity index (χ0n) is 16.7. The monoisotopic (exact) mass is 379 g/mol. The number of hydrogen-bond donors (Lipinski definition) is 0. The number of nitrogens with zero attached hydrogens (tertiary/aromatic N) is 1. The van der Waals surface area contributed by atoms with Crippen LogP contribution in [-0.2, 0) is 4.57 Å². The second-order valence-electron chi connectivity index (χ2n) is 7.46. The van der Waals surface area contributed by atoms with E-state index in [9.17, 15) is 4.57 Å². The lowest BCUT2D eigenvalue weighted by atomic mass is 10.0. The van der Waals surface area contributed by atoms with Gasteiger partial charge in [-0.05, 0) is 42.8 Å². The molecule has 0 saturated carbocycles. The van der Waals surface area contributed by atoms with Gasteiger partial charge in [0.15, 0.2) is 0 Å². The molecule has 3 aromatic rings. The van der Waals surface area contributed by atoms with E-state index in [0.29, 0.717) is 0 Å². The standard InChI is InChI=1S/C24H30NOP/c1-4-6-14-27(26,15-7-5-2)22-13-9-11-20(16-22)24-17-23-19(3)10-8-12-21(23)18-25-24/h8-13,16-18H,4-7,14-15H2,1-3H3. The van der Waals surface area contributed by atoms with Gasteiger partial charge in [-0.15, -0.1) is 0 Å². The minimum Gasteiger partial charge on any atom is -0.319 e. The number of unbranched alkanes of at least 4 members (excludes halogenated alkanes) is 2. The first-order valence-electron chi connectivity index (χ1n) is 10.1. The lowest BCUT2D eigenvalue weighted by Crippen LogP contribution is -2.11. The molecule has 2 aromatic carbocycles. The maximum Gasteiger partial charge on any atom is 0.115 e. The number of fused-ring (bicyclic) bond motifs is 1. The molecule has 0 radical (unpaired) electrons. The molecule has 0 aliphatic rings. The molecule has 0 spiro atoms. The van der Waals surface area contributed by atoms with E-state index in [0.717, 1.165) is 60.0 Å². The normalized spacial score (nSPS) is 11.8. The van der Waals surface area contributed by atoms with Gasteiger partial charge in [-0.1, -0.05) is 63.1 Å². The van der Waals surface area contributed by atoms with Crippen LogP contribution in [0.1, 0.15) is 45.1 Å². The lowest BCUT2D eigenvalue weighted by Gasteiger charge is -2.19. The Kier molecular flexibility index (Phi) is 6.50. The van der Waals surface area contributed by atoms with E-state index >= 15 is 0 Å². The SMILES string of the molecule is CCCCP(=O)(CCCC)c1cccc(-c2cc3c(C)cccc3cn2)c1. The minimum absolute atomic E-state index is 0.817. The van der Waals surface area contributed by atoms with E-state index in [4.69, 9.17) is 0 Å². The summed E-state index contributed by atoms with van der Waals surface area (Å²) in [5, 5.41) is 3.41. The van der Waals surface area contributed by atoms with Gasteiger partial charge in [-0.2, -0.15) is 0 Å². The fraction of sp³-hybridized carbons (Fsp3) is 0.375. The van der Waals surface area contributed by atoms with Crippen LogP contribution in [0.25, 0.3) is 22.0 Å². The molecule has 3 heteroatoms. The Bertz CT molecular complexity index is 952. The summed E-state index contributed by atoms with van der Waals surface area (Å²) >= 11 is 0. The van der Waals surface area contributed by atoms with Crippen molar-refractivity contribution in [1.29, 1.82) is 0 Å². The van der Waals surface area contributed by atoms with E-state index in [1.807, 2.05) is 12.3 Å². The van der Waals surface area contributed by atoms with Crippen molar-refractivity contribution in [3.8, 4) is 11.3 Å². The van der Waals surface area contributed by atoms with E-state index in [-0.39, 0.29) is 0 Å². The summed E-state index contributed by atoms with van der Waals surface area (Å²) < 4.78 is 13.8. The van der Waals surface area contributed by atoms with E-state index in [2.05, 4.69) is 68.2 Å². The number of pyridine rings is 1. The molecule has 0 N–H and O–H groups in total. The second-order valence-corrected chi connectivity index (χ2v) is 10.6. The lowest BCUT2D eigenvalue weighted by molar-refractivity contribution is 0.576. The molecule has 27 heavy (non-hydrogen) atoms. The van der Waals surface area contributed by atoms with Gasteiger partial charge in [0.1, 0.15) is 7.14 Å². The Labute approximate surface area is 163 Å². The average molecular weight is 379 g/mol. The molecule has 1 heterocycles. The van der Waals surface area contributed by atoms with Crippen molar-refractivity contribution in [2.75, 3.05) is 12.3 Å². The Morgan fingerprint density at radius 3 is 2.33 bits per heavy atom. The number of benzene rings is 2. The first kappa shape index (κ1) is 19.8. The molecule has 0 aliphatic heterocycles. The van der Waals surface area contributed by atoms with Crippen LogP contribution in [0.4, 0.5) is 0 Å². The Hall–Kier alpha value is -1.92. The third kappa shape index (κ3) is 4.50. The highest BCUT2D eigenvalue weighted by Crippen LogP contribution is 2.46. The van der Waals surface area contributed by atoms with Gasteiger partial charge in [-0.3, -0.25) is 4.98 Å². The first-order valence-corrected chi connectivity index (χ1v) is 12.2. The van der Waals surface area contributed by atoms with Gasteiger partial charge in [0.05, 0.1) is 5.69 Å². The largest absolute Gasteiger partial charge is 0.319 e. The molecule has 0 unspecified atom stereocenters. The van der Waals surface area contributed by atoms with Crippen LogP contribution in [0.2, 0.25) is 0 Å². The van der Waals surface area contributed by atoms with Crippen molar-refractivity contribution in [2.45, 2.75) is 46.5 Å². The molecule has 1 aromatic heterocycles. The van der Waals surface area contributed by atoms with Gasteiger partial charge >= 0.3 is 0 Å². The quantitative estimate of drug-likeness (QED) is 0.403. The van der Waals surface area contributed by atoms with Gasteiger partial charge < -0.3 is 4.57 Å². The second kappa shape index (κ2) is 8.85. The highest BCUT2D eigenvalue weighted by Gasteiger charge is 2.24. The van der Waals surface area contributed by atoms with E-state index in [1.54, 1.807) is 0 Å². The van der Waals surface area contributed by atoms with Gasteiger partial charge in [0.2, 0.25) is 0 Å². The Morgan fingerprint density at radius 2 is 1.63 bits per heavy atom. The predicted molar refractivity (Wildman–Crippen MR) is 119 cm³/mol. The van der Waals surface area contributed by atoms with Crippen molar-refractivity contribution >= 4 is 23.2 Å². The summed E-state index contributed by atoms with van der Waals surface area (Å²) in [5.41, 5.74) is 3.27. The minimum atomic E-state index is -2.34. The van der Waals surface area contributed by atoms with Crippen molar-refractivity contribution in [3.05, 3.63) is 60.3 Å². The maximum absolute atomic E-state index is 13.8. The molecule has 2 nitrogen and oxygen atoms in total. The van der Waals surface area contributed by atoms with Crippen LogP contribution in [0.3, 0.4) is 0 Å². The fourth-order valence-electron chi connectivity index (χ4n) is 3.60. The smallest absolute Gasteiger partial charge is 0.115 e. The zero-order chi connectivity index (χ0) is 19.3. The summed E-state index contributed by atoms with van der Waals surface area (Å²) in [4.78, 5) is 4.68. The van der Waals surface area contributed by atoms with Crippen molar-refractivity contribution in [3.63, 3.8) is 0 Å². The molecule has 0 saturated heterocycles. The van der Waals surface area contributed by atoms with Gasteiger partial charge in [0.25, 0.3) is 0 Å². The topological polar surface area (TPSA) is 30.0 Å². The summed E-state index contributed by atoms with van der Waals surface area (Å²) in [6.45, 7) is 6.47. The van der Waals surface area contributed by atoms with Crippen LogP contribution < -0.4 is 5.30 Å². The Balaban J connectivity index is 2.01. The molecular weight excluding hydrogens is 349 g/mol. The molecule has 0 fully saturated rings. The summed E-state index contributed by atoms with van der Waals surface area (Å²) in [6.07, 6.45) is 7.80. The number of rotatable bonds is 8. The van der Waals surface area contributed by atoms with Crippen molar-refractivity contribution in [1.82, 2.24) is 4.98 Å². The van der Waals surface area contributed by atoms with E-state index < -0.39 is 7.14 Å². The molecule has 142 valence electrons. The van der Waals surface area contributed by atoms with Crippen molar-refractivity contribution < 1.29 is 4.57 Å². The van der Waals surface area contributed by atoms with Gasteiger partial charge in [-0.25, -0.2) is 0 Å². The molecule has 0 amide bonds. The Morgan fingerprint density at radius 1 is 0.926 bits per heavy atom. The molecule has 0 bridgehead atoms. The fourth-order valence-corrected chi connectivity index (χ4v) is 6.73. The zero-order valence-corrected chi connectivity index (χ0v) is 17.6. The van der Waals surface area contributed by atoms with Crippen LogP contribution in [0.15, 0.2) is 54.7 Å². The molecular formula is C24H30NOP. The molecule has 0 atom stereocenters. The third-order valence-electron chi connectivity index (χ3n) is 5.34. The summed E-state index contributed by atoms with van der Waals surface area (Å²) in [5.74, 6) is 0. The third-order valence-corrected chi connectivity index (χ3v) is 8.64. The predicted octanol–water partition coefficient (Wildman–Crippen LogP) is 6.80. The number of hydrogen-bond acceptors (Lipinski definition) is 2. The van der Waals surface area contributed by atoms with Crippen LogP contribution >= 0.6 is 7.14 Å². The van der Waals surface area contributed by atoms with Crippen LogP contribution in [-0.4, -0.2) is 17.3 Å². The highest BCUT2D eigenvalue weighted by atomic mass is 31.2. The molecule has 0 aliphatic carbocycles. The van der Waals surface area contributed by atoms with Crippen LogP contribution in [0, 0.1) is 6.92 Å². The van der Waals surface area contributed by atoms with E-state index in [1.165, 1.54) is 10.9 Å². The average Bonchev–Trinajstić information content (AvgIpc) is 2.71.